The molecule has 0 saturated carbocycles. The van der Waals surface area contributed by atoms with Crippen molar-refractivity contribution < 1.29 is 19.1 Å². The van der Waals surface area contributed by atoms with Gasteiger partial charge in [-0.3, -0.25) is 9.59 Å². The number of nitrogens with zero attached hydrogens (tertiary/aromatic N) is 1. The number of halogens is 1. The number of nitrogens with one attached hydrogen (secondary N) is 1. The standard InChI is InChI=1S/C28H31ClN2O4/c1-30-28(33)26(19-21-7-4-3-5-8-21)31(20-22-10-12-23(29)13-11-22)27(32)9-6-18-35-25-16-14-24(34-2)15-17-25/h3-5,7-8,10-17,26H,6,9,18-20H2,1-2H3,(H,30,33). The maximum Gasteiger partial charge on any atom is 0.242 e. The molecule has 0 saturated heterocycles. The van der Waals surface area contributed by atoms with E-state index in [1.54, 1.807) is 31.2 Å². The molecule has 1 atom stereocenters. The zero-order chi connectivity index (χ0) is 25.0. The zero-order valence-electron chi connectivity index (χ0n) is 20.1. The minimum Gasteiger partial charge on any atom is -0.497 e. The smallest absolute Gasteiger partial charge is 0.242 e. The Kier molecular flexibility index (Phi) is 9.99. The van der Waals surface area contributed by atoms with Gasteiger partial charge in [0, 0.05) is 31.5 Å². The van der Waals surface area contributed by atoms with E-state index in [-0.39, 0.29) is 18.2 Å². The molecule has 3 rings (SSSR count). The van der Waals surface area contributed by atoms with Crippen LogP contribution in [0.25, 0.3) is 0 Å². The van der Waals surface area contributed by atoms with Crippen molar-refractivity contribution in [1.82, 2.24) is 10.2 Å². The molecule has 0 spiro atoms. The summed E-state index contributed by atoms with van der Waals surface area (Å²) in [6.07, 6.45) is 1.20. The fourth-order valence-corrected chi connectivity index (χ4v) is 3.86. The minimum atomic E-state index is -0.645. The summed E-state index contributed by atoms with van der Waals surface area (Å²) in [7, 11) is 3.20. The van der Waals surface area contributed by atoms with E-state index < -0.39 is 6.04 Å². The number of benzene rings is 3. The second kappa shape index (κ2) is 13.4. The number of carbonyl (C=O) groups is 2. The molecule has 184 valence electrons. The number of ether oxygens (including phenoxy) is 2. The quantitative estimate of drug-likeness (QED) is 0.364. The van der Waals surface area contributed by atoms with E-state index in [9.17, 15) is 9.59 Å². The van der Waals surface area contributed by atoms with Crippen LogP contribution >= 0.6 is 11.6 Å². The highest BCUT2D eigenvalue weighted by molar-refractivity contribution is 6.30. The van der Waals surface area contributed by atoms with Crippen molar-refractivity contribution in [3.63, 3.8) is 0 Å². The van der Waals surface area contributed by atoms with E-state index in [2.05, 4.69) is 5.32 Å². The third-order valence-electron chi connectivity index (χ3n) is 5.65. The highest BCUT2D eigenvalue weighted by Gasteiger charge is 2.29. The van der Waals surface area contributed by atoms with E-state index in [1.165, 1.54) is 0 Å². The highest BCUT2D eigenvalue weighted by Crippen LogP contribution is 2.19. The van der Waals surface area contributed by atoms with Gasteiger partial charge in [-0.2, -0.15) is 0 Å². The molecule has 2 amide bonds. The molecule has 1 unspecified atom stereocenters. The molecule has 3 aromatic carbocycles. The van der Waals surface area contributed by atoms with Gasteiger partial charge in [-0.15, -0.1) is 0 Å². The highest BCUT2D eigenvalue weighted by atomic mass is 35.5. The number of rotatable bonds is 12. The van der Waals surface area contributed by atoms with Gasteiger partial charge in [-0.25, -0.2) is 0 Å². The lowest BCUT2D eigenvalue weighted by atomic mass is 10.0. The van der Waals surface area contributed by atoms with Crippen molar-refractivity contribution in [2.75, 3.05) is 20.8 Å². The summed E-state index contributed by atoms with van der Waals surface area (Å²) in [5.74, 6) is 1.15. The first kappa shape index (κ1) is 26.1. The van der Waals surface area contributed by atoms with Crippen LogP contribution in [-0.2, 0) is 22.6 Å². The van der Waals surface area contributed by atoms with Gasteiger partial charge in [0.2, 0.25) is 11.8 Å². The third kappa shape index (κ3) is 8.04. The first-order valence-electron chi connectivity index (χ1n) is 11.6. The van der Waals surface area contributed by atoms with Crippen molar-refractivity contribution >= 4 is 23.4 Å². The molecule has 0 bridgehead atoms. The van der Waals surface area contributed by atoms with Gasteiger partial charge in [0.05, 0.1) is 13.7 Å². The van der Waals surface area contributed by atoms with E-state index >= 15 is 0 Å². The Morgan fingerprint density at radius 2 is 1.57 bits per heavy atom. The monoisotopic (exact) mass is 494 g/mol. The molecule has 0 aromatic heterocycles. The molecule has 35 heavy (non-hydrogen) atoms. The average molecular weight is 495 g/mol. The number of hydrogen-bond acceptors (Lipinski definition) is 4. The summed E-state index contributed by atoms with van der Waals surface area (Å²) in [5.41, 5.74) is 1.89. The van der Waals surface area contributed by atoms with E-state index in [4.69, 9.17) is 21.1 Å². The summed E-state index contributed by atoms with van der Waals surface area (Å²) in [4.78, 5) is 28.0. The Hall–Kier alpha value is -3.51. The van der Waals surface area contributed by atoms with Crippen molar-refractivity contribution in [3.8, 4) is 11.5 Å². The van der Waals surface area contributed by atoms with Crippen molar-refractivity contribution in [1.29, 1.82) is 0 Å². The van der Waals surface area contributed by atoms with E-state index in [0.717, 1.165) is 16.9 Å². The first-order valence-corrected chi connectivity index (χ1v) is 11.9. The van der Waals surface area contributed by atoms with E-state index in [1.807, 2.05) is 66.7 Å². The van der Waals surface area contributed by atoms with Crippen LogP contribution in [0.4, 0.5) is 0 Å². The summed E-state index contributed by atoms with van der Waals surface area (Å²) in [6, 6.07) is 23.7. The lowest BCUT2D eigenvalue weighted by molar-refractivity contribution is -0.141. The molecule has 3 aromatic rings. The molecule has 6 nitrogen and oxygen atoms in total. The second-order valence-corrected chi connectivity index (χ2v) is 8.53. The lowest BCUT2D eigenvalue weighted by Crippen LogP contribution is -2.49. The van der Waals surface area contributed by atoms with Crippen LogP contribution in [0.2, 0.25) is 5.02 Å². The summed E-state index contributed by atoms with van der Waals surface area (Å²) in [6.45, 7) is 0.691. The maximum atomic E-state index is 13.4. The number of methoxy groups -OCH3 is 1. The predicted molar refractivity (Wildman–Crippen MR) is 138 cm³/mol. The van der Waals surface area contributed by atoms with Crippen LogP contribution in [-0.4, -0.2) is 43.5 Å². The summed E-state index contributed by atoms with van der Waals surface area (Å²) in [5, 5.41) is 3.34. The van der Waals surface area contributed by atoms with Crippen molar-refractivity contribution in [3.05, 3.63) is 95.0 Å². The van der Waals surface area contributed by atoms with Gasteiger partial charge >= 0.3 is 0 Å². The molecular formula is C28H31ClN2O4. The molecule has 0 aliphatic carbocycles. The summed E-state index contributed by atoms with van der Waals surface area (Å²) >= 11 is 6.04. The number of likely N-dealkylation sites (N-methyl/N-ethyl adjacent to an activating group) is 1. The first-order chi connectivity index (χ1) is 17.0. The molecule has 0 radical (unpaired) electrons. The molecule has 7 heteroatoms. The average Bonchev–Trinajstić information content (AvgIpc) is 2.90. The molecule has 0 aliphatic heterocycles. The minimum absolute atomic E-state index is 0.109. The SMILES string of the molecule is CNC(=O)C(Cc1ccccc1)N(Cc1ccc(Cl)cc1)C(=O)CCCOc1ccc(OC)cc1. The Morgan fingerprint density at radius 1 is 0.914 bits per heavy atom. The number of carbonyl (C=O) groups excluding carboxylic acids is 2. The fraction of sp³-hybridized carbons (Fsp3) is 0.286. The topological polar surface area (TPSA) is 67.9 Å². The van der Waals surface area contributed by atoms with Gasteiger partial charge in [0.1, 0.15) is 17.5 Å². The summed E-state index contributed by atoms with van der Waals surface area (Å²) < 4.78 is 10.9. The Labute approximate surface area is 211 Å². The normalized spacial score (nSPS) is 11.4. The van der Waals surface area contributed by atoms with Crippen LogP contribution in [0.5, 0.6) is 11.5 Å². The fourth-order valence-electron chi connectivity index (χ4n) is 3.74. The molecule has 0 fully saturated rings. The Bertz CT molecular complexity index is 1070. The Balaban J connectivity index is 1.71. The Morgan fingerprint density at radius 3 is 2.20 bits per heavy atom. The molecule has 0 heterocycles. The van der Waals surface area contributed by atoms with Crippen LogP contribution in [0.15, 0.2) is 78.9 Å². The van der Waals surface area contributed by atoms with Gasteiger partial charge < -0.3 is 19.7 Å². The lowest BCUT2D eigenvalue weighted by Gasteiger charge is -2.31. The predicted octanol–water partition coefficient (Wildman–Crippen LogP) is 4.89. The van der Waals surface area contributed by atoms with Crippen LogP contribution in [0, 0.1) is 0 Å². The zero-order valence-corrected chi connectivity index (χ0v) is 20.8. The number of hydrogen-bond donors (Lipinski definition) is 1. The largest absolute Gasteiger partial charge is 0.497 e. The maximum absolute atomic E-state index is 13.4. The van der Waals surface area contributed by atoms with Crippen molar-refractivity contribution in [2.45, 2.75) is 31.8 Å². The molecule has 0 aliphatic rings. The third-order valence-corrected chi connectivity index (χ3v) is 5.90. The number of amides is 2. The van der Waals surface area contributed by atoms with Gasteiger partial charge in [0.15, 0.2) is 0 Å². The van der Waals surface area contributed by atoms with E-state index in [0.29, 0.717) is 36.8 Å². The van der Waals surface area contributed by atoms with Gasteiger partial charge in [-0.1, -0.05) is 54.1 Å². The van der Waals surface area contributed by atoms with Crippen molar-refractivity contribution in [2.24, 2.45) is 0 Å². The van der Waals surface area contributed by atoms with Gasteiger partial charge in [0.25, 0.3) is 0 Å². The second-order valence-electron chi connectivity index (χ2n) is 8.10. The van der Waals surface area contributed by atoms with Gasteiger partial charge in [-0.05, 0) is 53.9 Å². The van der Waals surface area contributed by atoms with Crippen LogP contribution in [0.1, 0.15) is 24.0 Å². The van der Waals surface area contributed by atoms with Crippen LogP contribution in [0.3, 0.4) is 0 Å². The van der Waals surface area contributed by atoms with Crippen LogP contribution < -0.4 is 14.8 Å². The molecular weight excluding hydrogens is 464 g/mol. The molecule has 1 N–H and O–H groups in total.